The maximum absolute atomic E-state index is 13.5. The van der Waals surface area contributed by atoms with Gasteiger partial charge in [0.1, 0.15) is 5.69 Å². The summed E-state index contributed by atoms with van der Waals surface area (Å²) in [5.41, 5.74) is 6.17. The Morgan fingerprint density at radius 3 is 2.54 bits per heavy atom. The van der Waals surface area contributed by atoms with E-state index < -0.39 is 17.9 Å². The van der Waals surface area contributed by atoms with Gasteiger partial charge in [-0.05, 0) is 48.9 Å². The average Bonchev–Trinajstić information content (AvgIpc) is 3.50. The first-order valence-electron chi connectivity index (χ1n) is 10.3. The van der Waals surface area contributed by atoms with E-state index in [0.29, 0.717) is 22.4 Å². The number of nitriles is 1. The number of nitrogens with two attached hydrogens (primary N) is 1. The molecule has 0 saturated heterocycles. The molecule has 0 saturated carbocycles. The molecule has 0 aliphatic rings. The van der Waals surface area contributed by atoms with Crippen LogP contribution >= 0.6 is 0 Å². The van der Waals surface area contributed by atoms with Crippen LogP contribution in [0.2, 0.25) is 0 Å². The SMILES string of the molecule is C[C@H](N)C(=O)NCc1cccc(-n2nc(C(F)(F)F)cc2-c2nnc(-c3ccc(C#N)cc3)o2)c1. The zero-order chi connectivity index (χ0) is 25.2. The van der Waals surface area contributed by atoms with Crippen LogP contribution in [0, 0.1) is 11.3 Å². The molecule has 4 aromatic rings. The minimum Gasteiger partial charge on any atom is -0.415 e. The van der Waals surface area contributed by atoms with Gasteiger partial charge in [-0.3, -0.25) is 4.79 Å². The van der Waals surface area contributed by atoms with Gasteiger partial charge in [-0.25, -0.2) is 4.68 Å². The molecule has 0 unspecified atom stereocenters. The number of aromatic nitrogens is 4. The highest BCUT2D eigenvalue weighted by Crippen LogP contribution is 2.33. The Hall–Kier alpha value is -4.50. The molecule has 178 valence electrons. The quantitative estimate of drug-likeness (QED) is 0.431. The second-order valence-electron chi connectivity index (χ2n) is 7.60. The second-order valence-corrected chi connectivity index (χ2v) is 7.60. The number of amides is 1. The summed E-state index contributed by atoms with van der Waals surface area (Å²) in [6.07, 6.45) is -4.71. The van der Waals surface area contributed by atoms with E-state index in [1.165, 1.54) is 6.92 Å². The Bertz CT molecular complexity index is 1400. The smallest absolute Gasteiger partial charge is 0.415 e. The molecular weight excluding hydrogens is 463 g/mol. The van der Waals surface area contributed by atoms with Gasteiger partial charge in [-0.15, -0.1) is 10.2 Å². The Morgan fingerprint density at radius 2 is 1.89 bits per heavy atom. The van der Waals surface area contributed by atoms with Crippen molar-refractivity contribution < 1.29 is 22.4 Å². The van der Waals surface area contributed by atoms with Crippen molar-refractivity contribution in [3.8, 4) is 34.8 Å². The average molecular weight is 481 g/mol. The van der Waals surface area contributed by atoms with E-state index in [9.17, 15) is 18.0 Å². The first-order chi connectivity index (χ1) is 16.7. The second kappa shape index (κ2) is 9.40. The molecule has 9 nitrogen and oxygen atoms in total. The molecule has 1 amide bonds. The van der Waals surface area contributed by atoms with Crippen molar-refractivity contribution in [1.82, 2.24) is 25.3 Å². The maximum Gasteiger partial charge on any atom is 0.435 e. The summed E-state index contributed by atoms with van der Waals surface area (Å²) in [4.78, 5) is 11.8. The normalized spacial score (nSPS) is 12.2. The van der Waals surface area contributed by atoms with E-state index in [0.717, 1.165) is 10.7 Å². The molecule has 4 rings (SSSR count). The van der Waals surface area contributed by atoms with Crippen molar-refractivity contribution in [2.75, 3.05) is 0 Å². The van der Waals surface area contributed by atoms with Gasteiger partial charge in [-0.1, -0.05) is 12.1 Å². The van der Waals surface area contributed by atoms with E-state index in [-0.39, 0.29) is 29.9 Å². The number of carbonyl (C=O) groups is 1. The number of benzene rings is 2. The summed E-state index contributed by atoms with van der Waals surface area (Å²) in [7, 11) is 0. The molecular formula is C23H18F3N7O2. The highest BCUT2D eigenvalue weighted by molar-refractivity contribution is 5.80. The highest BCUT2D eigenvalue weighted by atomic mass is 19.4. The van der Waals surface area contributed by atoms with Crippen LogP contribution in [0.3, 0.4) is 0 Å². The molecule has 0 spiro atoms. The van der Waals surface area contributed by atoms with Gasteiger partial charge in [0.05, 0.1) is 23.4 Å². The molecule has 2 aromatic heterocycles. The van der Waals surface area contributed by atoms with Crippen LogP contribution in [-0.4, -0.2) is 31.9 Å². The molecule has 0 aliphatic carbocycles. The number of nitrogens with one attached hydrogen (secondary N) is 1. The van der Waals surface area contributed by atoms with Gasteiger partial charge >= 0.3 is 6.18 Å². The molecule has 0 bridgehead atoms. The number of hydrogen-bond donors (Lipinski definition) is 2. The van der Waals surface area contributed by atoms with E-state index in [1.54, 1.807) is 48.5 Å². The van der Waals surface area contributed by atoms with E-state index >= 15 is 0 Å². The molecule has 0 fully saturated rings. The predicted octanol–water partition coefficient (Wildman–Crippen LogP) is 3.44. The van der Waals surface area contributed by atoms with Crippen LogP contribution < -0.4 is 11.1 Å². The molecule has 2 heterocycles. The lowest BCUT2D eigenvalue weighted by Gasteiger charge is -2.10. The van der Waals surface area contributed by atoms with Crippen molar-refractivity contribution in [3.63, 3.8) is 0 Å². The number of rotatable bonds is 6. The number of carbonyl (C=O) groups excluding carboxylic acids is 1. The maximum atomic E-state index is 13.5. The first kappa shape index (κ1) is 23.7. The standard InChI is InChI=1S/C23H18F3N7O2/c1-13(28)20(34)29-12-15-3-2-4-17(9-15)33-18(10-19(32-33)23(24,25)26)22-31-30-21(35-22)16-7-5-14(11-27)6-8-16/h2-10,13H,12,28H2,1H3,(H,29,34)/t13-/m0/s1. The topological polar surface area (TPSA) is 136 Å². The fourth-order valence-corrected chi connectivity index (χ4v) is 3.15. The van der Waals surface area contributed by atoms with Gasteiger partial charge in [0.25, 0.3) is 5.89 Å². The molecule has 12 heteroatoms. The lowest BCUT2D eigenvalue weighted by molar-refractivity contribution is -0.141. The summed E-state index contributed by atoms with van der Waals surface area (Å²) in [6.45, 7) is 1.66. The largest absolute Gasteiger partial charge is 0.435 e. The van der Waals surface area contributed by atoms with Crippen LogP contribution in [0.25, 0.3) is 28.7 Å². The lowest BCUT2D eigenvalue weighted by Crippen LogP contribution is -2.37. The third kappa shape index (κ3) is 5.20. The summed E-state index contributed by atoms with van der Waals surface area (Å²) in [5, 5.41) is 23.1. The van der Waals surface area contributed by atoms with Crippen molar-refractivity contribution in [2.24, 2.45) is 5.73 Å². The molecule has 1 atom stereocenters. The van der Waals surface area contributed by atoms with Crippen molar-refractivity contribution in [2.45, 2.75) is 25.7 Å². The van der Waals surface area contributed by atoms with Crippen LogP contribution in [-0.2, 0) is 17.5 Å². The van der Waals surface area contributed by atoms with E-state index in [4.69, 9.17) is 15.4 Å². The van der Waals surface area contributed by atoms with Crippen LogP contribution in [0.4, 0.5) is 13.2 Å². The number of hydrogen-bond acceptors (Lipinski definition) is 7. The fourth-order valence-electron chi connectivity index (χ4n) is 3.15. The number of alkyl halides is 3. The Balaban J connectivity index is 1.71. The van der Waals surface area contributed by atoms with E-state index in [1.807, 2.05) is 6.07 Å². The zero-order valence-corrected chi connectivity index (χ0v) is 18.2. The molecule has 35 heavy (non-hydrogen) atoms. The number of halogens is 3. The summed E-state index contributed by atoms with van der Waals surface area (Å²) in [5.74, 6) is -0.475. The zero-order valence-electron chi connectivity index (χ0n) is 18.2. The summed E-state index contributed by atoms with van der Waals surface area (Å²) < 4.78 is 47.2. The Morgan fingerprint density at radius 1 is 1.17 bits per heavy atom. The minimum atomic E-state index is -4.71. The predicted molar refractivity (Wildman–Crippen MR) is 118 cm³/mol. The van der Waals surface area contributed by atoms with Crippen molar-refractivity contribution >= 4 is 5.91 Å². The third-order valence-corrected chi connectivity index (χ3v) is 4.94. The Labute approximate surface area is 197 Å². The van der Waals surface area contributed by atoms with Gasteiger partial charge in [-0.2, -0.15) is 23.5 Å². The molecule has 2 aromatic carbocycles. The third-order valence-electron chi connectivity index (χ3n) is 4.94. The van der Waals surface area contributed by atoms with Crippen molar-refractivity contribution in [3.05, 3.63) is 71.4 Å². The van der Waals surface area contributed by atoms with Crippen molar-refractivity contribution in [1.29, 1.82) is 5.26 Å². The van der Waals surface area contributed by atoms with Crippen LogP contribution in [0.15, 0.2) is 59.0 Å². The first-order valence-corrected chi connectivity index (χ1v) is 10.3. The lowest BCUT2D eigenvalue weighted by atomic mass is 10.1. The fraction of sp³-hybridized carbons (Fsp3) is 0.174. The Kier molecular flexibility index (Phi) is 6.35. The van der Waals surface area contributed by atoms with Crippen LogP contribution in [0.5, 0.6) is 0 Å². The summed E-state index contributed by atoms with van der Waals surface area (Å²) >= 11 is 0. The van der Waals surface area contributed by atoms with Gasteiger partial charge in [0.2, 0.25) is 11.8 Å². The summed E-state index contributed by atoms with van der Waals surface area (Å²) in [6, 6.07) is 14.9. The minimum absolute atomic E-state index is 0.0677. The molecule has 0 radical (unpaired) electrons. The highest BCUT2D eigenvalue weighted by Gasteiger charge is 2.36. The monoisotopic (exact) mass is 481 g/mol. The van der Waals surface area contributed by atoms with Crippen LogP contribution in [0.1, 0.15) is 23.7 Å². The number of nitrogens with zero attached hydrogens (tertiary/aromatic N) is 5. The van der Waals surface area contributed by atoms with Gasteiger partial charge in [0, 0.05) is 18.2 Å². The molecule has 0 aliphatic heterocycles. The molecule has 3 N–H and O–H groups in total. The van der Waals surface area contributed by atoms with Gasteiger partial charge < -0.3 is 15.5 Å². The van der Waals surface area contributed by atoms with Gasteiger partial charge in [0.15, 0.2) is 5.69 Å². The van der Waals surface area contributed by atoms with E-state index in [2.05, 4.69) is 20.6 Å².